The van der Waals surface area contributed by atoms with Gasteiger partial charge in [-0.2, -0.15) is 0 Å². The van der Waals surface area contributed by atoms with E-state index in [0.29, 0.717) is 13.2 Å². The lowest BCUT2D eigenvalue weighted by Crippen LogP contribution is -2.32. The van der Waals surface area contributed by atoms with Gasteiger partial charge in [-0.3, -0.25) is 0 Å². The van der Waals surface area contributed by atoms with E-state index in [2.05, 4.69) is 20.8 Å². The molecule has 0 saturated heterocycles. The van der Waals surface area contributed by atoms with Gasteiger partial charge >= 0.3 is 0 Å². The zero-order valence-electron chi connectivity index (χ0n) is 8.02. The molecule has 0 saturated carbocycles. The molecule has 0 heterocycles. The number of nitrogens with two attached hydrogens (primary N) is 1. The molecule has 2 N–H and O–H groups in total. The Balaban J connectivity index is 3.84. The molecule has 0 spiro atoms. The molecule has 0 aromatic carbocycles. The van der Waals surface area contributed by atoms with Gasteiger partial charge in [-0.05, 0) is 19.3 Å². The molecule has 0 aliphatic rings. The number of hydrogen-bond acceptors (Lipinski definition) is 2. The molecule has 2 nitrogen and oxygen atoms in total. The van der Waals surface area contributed by atoms with Gasteiger partial charge in [-0.25, -0.2) is 0 Å². The van der Waals surface area contributed by atoms with Crippen molar-refractivity contribution in [1.29, 1.82) is 0 Å². The molecule has 68 valence electrons. The van der Waals surface area contributed by atoms with E-state index >= 15 is 0 Å². The minimum absolute atomic E-state index is 0.0966. The van der Waals surface area contributed by atoms with Crippen molar-refractivity contribution >= 4 is 0 Å². The summed E-state index contributed by atoms with van der Waals surface area (Å²) in [6, 6.07) is 0. The summed E-state index contributed by atoms with van der Waals surface area (Å²) in [5.41, 5.74) is 5.47. The van der Waals surface area contributed by atoms with Crippen LogP contribution in [0.15, 0.2) is 0 Å². The molecule has 0 amide bonds. The first kappa shape index (κ1) is 10.9. The molecule has 0 unspecified atom stereocenters. The van der Waals surface area contributed by atoms with Crippen LogP contribution in [0.4, 0.5) is 0 Å². The van der Waals surface area contributed by atoms with Crippen molar-refractivity contribution in [3.63, 3.8) is 0 Å². The number of hydrogen-bond donors (Lipinski definition) is 1. The van der Waals surface area contributed by atoms with E-state index in [9.17, 15) is 0 Å². The molecule has 0 atom stereocenters. The molecular weight excluding hydrogens is 138 g/mol. The first-order chi connectivity index (χ1) is 5.24. The first-order valence-corrected chi connectivity index (χ1v) is 4.58. The van der Waals surface area contributed by atoms with Gasteiger partial charge in [0, 0.05) is 6.54 Å². The van der Waals surface area contributed by atoms with Crippen LogP contribution in [-0.2, 0) is 4.74 Å². The topological polar surface area (TPSA) is 35.2 Å². The smallest absolute Gasteiger partial charge is 0.0675 e. The Labute approximate surface area is 70.1 Å². The fourth-order valence-electron chi connectivity index (χ4n) is 1.33. The summed E-state index contributed by atoms with van der Waals surface area (Å²) in [6.07, 6.45) is 3.25. The SMILES string of the molecule is CCC(CC)(CC)OCCN. The van der Waals surface area contributed by atoms with Gasteiger partial charge in [0.15, 0.2) is 0 Å². The van der Waals surface area contributed by atoms with E-state index in [1.165, 1.54) is 0 Å². The van der Waals surface area contributed by atoms with E-state index < -0.39 is 0 Å². The third-order valence-electron chi connectivity index (χ3n) is 2.46. The highest BCUT2D eigenvalue weighted by atomic mass is 16.5. The lowest BCUT2D eigenvalue weighted by molar-refractivity contribution is -0.0502. The summed E-state index contributed by atoms with van der Waals surface area (Å²) in [7, 11) is 0. The van der Waals surface area contributed by atoms with Crippen LogP contribution >= 0.6 is 0 Å². The van der Waals surface area contributed by atoms with E-state index in [1.807, 2.05) is 0 Å². The predicted octanol–water partition coefficient (Wildman–Crippen LogP) is 1.93. The van der Waals surface area contributed by atoms with Gasteiger partial charge in [0.2, 0.25) is 0 Å². The zero-order chi connectivity index (χ0) is 8.74. The van der Waals surface area contributed by atoms with Crippen molar-refractivity contribution in [2.75, 3.05) is 13.2 Å². The molecule has 0 fully saturated rings. The fourth-order valence-corrected chi connectivity index (χ4v) is 1.33. The molecule has 0 rings (SSSR count). The van der Waals surface area contributed by atoms with Gasteiger partial charge in [-0.15, -0.1) is 0 Å². The van der Waals surface area contributed by atoms with Crippen molar-refractivity contribution in [1.82, 2.24) is 0 Å². The fraction of sp³-hybridized carbons (Fsp3) is 1.00. The third-order valence-corrected chi connectivity index (χ3v) is 2.46. The maximum Gasteiger partial charge on any atom is 0.0675 e. The Morgan fingerprint density at radius 1 is 1.09 bits per heavy atom. The number of rotatable bonds is 6. The quantitative estimate of drug-likeness (QED) is 0.642. The highest BCUT2D eigenvalue weighted by Crippen LogP contribution is 2.23. The molecule has 0 radical (unpaired) electrons. The summed E-state index contributed by atoms with van der Waals surface area (Å²) in [6.45, 7) is 7.83. The molecule has 0 aromatic heterocycles. The lowest BCUT2D eigenvalue weighted by Gasteiger charge is -2.30. The Morgan fingerprint density at radius 3 is 1.82 bits per heavy atom. The summed E-state index contributed by atoms with van der Waals surface area (Å²) in [5, 5.41) is 0. The maximum absolute atomic E-state index is 5.70. The highest BCUT2D eigenvalue weighted by Gasteiger charge is 2.23. The van der Waals surface area contributed by atoms with Crippen molar-refractivity contribution in [2.45, 2.75) is 45.6 Å². The summed E-state index contributed by atoms with van der Waals surface area (Å²) in [5.74, 6) is 0. The Hall–Kier alpha value is -0.0800. The molecule has 11 heavy (non-hydrogen) atoms. The predicted molar refractivity (Wildman–Crippen MR) is 48.6 cm³/mol. The standard InChI is InChI=1S/C9H21NO/c1-4-9(5-2,6-3)11-8-7-10/h4-8,10H2,1-3H3. The molecule has 0 bridgehead atoms. The second-order valence-corrected chi connectivity index (χ2v) is 2.88. The highest BCUT2D eigenvalue weighted by molar-refractivity contribution is 4.75. The van der Waals surface area contributed by atoms with Gasteiger partial charge < -0.3 is 10.5 Å². The van der Waals surface area contributed by atoms with E-state index in [-0.39, 0.29) is 5.60 Å². The molecule has 0 aliphatic carbocycles. The largest absolute Gasteiger partial charge is 0.374 e. The summed E-state index contributed by atoms with van der Waals surface area (Å²) >= 11 is 0. The minimum Gasteiger partial charge on any atom is -0.374 e. The van der Waals surface area contributed by atoms with E-state index in [1.54, 1.807) is 0 Å². The summed E-state index contributed by atoms with van der Waals surface area (Å²) in [4.78, 5) is 0. The maximum atomic E-state index is 5.70. The van der Waals surface area contributed by atoms with Crippen LogP contribution in [0.2, 0.25) is 0 Å². The van der Waals surface area contributed by atoms with Crippen LogP contribution in [-0.4, -0.2) is 18.8 Å². The van der Waals surface area contributed by atoms with Gasteiger partial charge in [-0.1, -0.05) is 20.8 Å². The van der Waals surface area contributed by atoms with E-state index in [4.69, 9.17) is 10.5 Å². The van der Waals surface area contributed by atoms with Crippen LogP contribution in [0, 0.1) is 0 Å². The molecule has 2 heteroatoms. The van der Waals surface area contributed by atoms with Crippen molar-refractivity contribution in [3.05, 3.63) is 0 Å². The monoisotopic (exact) mass is 159 g/mol. The molecular formula is C9H21NO. The van der Waals surface area contributed by atoms with Crippen LogP contribution in [0.3, 0.4) is 0 Å². The normalized spacial score (nSPS) is 12.0. The second-order valence-electron chi connectivity index (χ2n) is 2.88. The van der Waals surface area contributed by atoms with Crippen LogP contribution in [0.1, 0.15) is 40.0 Å². The average molecular weight is 159 g/mol. The Morgan fingerprint density at radius 2 is 1.55 bits per heavy atom. The first-order valence-electron chi connectivity index (χ1n) is 4.58. The van der Waals surface area contributed by atoms with Crippen LogP contribution < -0.4 is 5.73 Å². The lowest BCUT2D eigenvalue weighted by atomic mass is 9.94. The molecule has 0 aromatic rings. The van der Waals surface area contributed by atoms with Gasteiger partial charge in [0.05, 0.1) is 12.2 Å². The third kappa shape index (κ3) is 3.21. The van der Waals surface area contributed by atoms with Crippen LogP contribution in [0.5, 0.6) is 0 Å². The van der Waals surface area contributed by atoms with Gasteiger partial charge in [0.1, 0.15) is 0 Å². The minimum atomic E-state index is 0.0966. The van der Waals surface area contributed by atoms with Crippen LogP contribution in [0.25, 0.3) is 0 Å². The number of ether oxygens (including phenoxy) is 1. The van der Waals surface area contributed by atoms with Crippen molar-refractivity contribution < 1.29 is 4.74 Å². The Kier molecular flexibility index (Phi) is 5.51. The summed E-state index contributed by atoms with van der Waals surface area (Å²) < 4.78 is 5.70. The van der Waals surface area contributed by atoms with Crippen molar-refractivity contribution in [3.8, 4) is 0 Å². The van der Waals surface area contributed by atoms with Gasteiger partial charge in [0.25, 0.3) is 0 Å². The van der Waals surface area contributed by atoms with E-state index in [0.717, 1.165) is 19.3 Å². The van der Waals surface area contributed by atoms with Crippen molar-refractivity contribution in [2.24, 2.45) is 5.73 Å². The molecule has 0 aliphatic heterocycles. The average Bonchev–Trinajstić information content (AvgIpc) is 2.08. The zero-order valence-corrected chi connectivity index (χ0v) is 8.02. The second kappa shape index (κ2) is 5.56. The Bertz CT molecular complexity index is 81.3.